The van der Waals surface area contributed by atoms with Crippen molar-refractivity contribution < 1.29 is 4.79 Å². The van der Waals surface area contributed by atoms with Crippen molar-refractivity contribution in [3.05, 3.63) is 30.1 Å². The molecule has 3 rings (SSSR count). The van der Waals surface area contributed by atoms with Crippen molar-refractivity contribution in [3.8, 4) is 0 Å². The third kappa shape index (κ3) is 2.44. The van der Waals surface area contributed by atoms with Crippen LogP contribution in [0.1, 0.15) is 42.5 Å². The number of rotatable bonds is 1. The van der Waals surface area contributed by atoms with Crippen LogP contribution in [0.15, 0.2) is 24.5 Å². The Kier molecular flexibility index (Phi) is 3.74. The molecular weight excluding hydrogens is 250 g/mol. The molecule has 1 spiro atoms. The Morgan fingerprint density at radius 2 is 2.10 bits per heavy atom. The summed E-state index contributed by atoms with van der Waals surface area (Å²) >= 11 is 0. The monoisotopic (exact) mass is 273 g/mol. The molecule has 1 amide bonds. The summed E-state index contributed by atoms with van der Waals surface area (Å²) in [5.74, 6) is 0.135. The van der Waals surface area contributed by atoms with Gasteiger partial charge < -0.3 is 4.90 Å². The van der Waals surface area contributed by atoms with Gasteiger partial charge in [-0.2, -0.15) is 0 Å². The molecule has 0 unspecified atom stereocenters. The van der Waals surface area contributed by atoms with E-state index in [0.29, 0.717) is 5.56 Å². The molecule has 2 fully saturated rings. The van der Waals surface area contributed by atoms with Gasteiger partial charge >= 0.3 is 0 Å². The Morgan fingerprint density at radius 1 is 1.25 bits per heavy atom. The van der Waals surface area contributed by atoms with Crippen LogP contribution in [-0.2, 0) is 0 Å². The minimum Gasteiger partial charge on any atom is -0.337 e. The molecule has 0 radical (unpaired) electrons. The summed E-state index contributed by atoms with van der Waals surface area (Å²) in [4.78, 5) is 21.2. The first-order valence-electron chi connectivity index (χ1n) is 7.62. The summed E-state index contributed by atoms with van der Waals surface area (Å²) in [6.45, 7) is 2.91. The van der Waals surface area contributed by atoms with Crippen molar-refractivity contribution in [3.63, 3.8) is 0 Å². The Morgan fingerprint density at radius 3 is 2.85 bits per heavy atom. The van der Waals surface area contributed by atoms with Gasteiger partial charge in [0, 0.05) is 31.0 Å². The zero-order valence-electron chi connectivity index (χ0n) is 12.2. The first kappa shape index (κ1) is 13.6. The molecule has 0 N–H and O–H groups in total. The maximum Gasteiger partial charge on any atom is 0.255 e. The number of likely N-dealkylation sites (tertiary alicyclic amines) is 2. The number of pyridine rings is 1. The molecule has 2 aliphatic heterocycles. The van der Waals surface area contributed by atoms with E-state index in [4.69, 9.17) is 0 Å². The lowest BCUT2D eigenvalue weighted by Gasteiger charge is -2.51. The number of hydrogen-bond acceptors (Lipinski definition) is 3. The zero-order chi connectivity index (χ0) is 14.0. The zero-order valence-corrected chi connectivity index (χ0v) is 12.2. The molecule has 20 heavy (non-hydrogen) atoms. The maximum atomic E-state index is 12.6. The molecule has 0 bridgehead atoms. The molecule has 0 aromatic carbocycles. The summed E-state index contributed by atoms with van der Waals surface area (Å²) in [5, 5.41) is 0. The topological polar surface area (TPSA) is 36.4 Å². The van der Waals surface area contributed by atoms with Crippen molar-refractivity contribution in [2.24, 2.45) is 0 Å². The Hall–Kier alpha value is -1.42. The second kappa shape index (κ2) is 5.52. The summed E-state index contributed by atoms with van der Waals surface area (Å²) in [7, 11) is 2.22. The Balaban J connectivity index is 1.76. The maximum absolute atomic E-state index is 12.6. The molecule has 2 saturated heterocycles. The SMILES string of the molecule is CN1CCCC[C@@]12CCCN(C(=O)c1cccnc1)C2. The number of piperidine rings is 2. The number of aromatic nitrogens is 1. The number of carbonyl (C=O) groups is 1. The number of amides is 1. The number of likely N-dealkylation sites (N-methyl/N-ethyl adjacent to an activating group) is 1. The van der Waals surface area contributed by atoms with Crippen LogP contribution in [0.25, 0.3) is 0 Å². The fourth-order valence-corrected chi connectivity index (χ4v) is 3.70. The lowest BCUT2D eigenvalue weighted by Crippen LogP contribution is -2.60. The van der Waals surface area contributed by atoms with E-state index in [2.05, 4.69) is 16.9 Å². The van der Waals surface area contributed by atoms with Crippen molar-refractivity contribution in [1.82, 2.24) is 14.8 Å². The van der Waals surface area contributed by atoms with Crippen LogP contribution >= 0.6 is 0 Å². The van der Waals surface area contributed by atoms with Gasteiger partial charge in [-0.3, -0.25) is 14.7 Å². The van der Waals surface area contributed by atoms with Gasteiger partial charge in [0.25, 0.3) is 5.91 Å². The predicted molar refractivity (Wildman–Crippen MR) is 78.6 cm³/mol. The van der Waals surface area contributed by atoms with Crippen LogP contribution in [0.4, 0.5) is 0 Å². The van der Waals surface area contributed by atoms with Crippen LogP contribution in [0, 0.1) is 0 Å². The standard InChI is InChI=1S/C16H23N3O/c1-18-10-3-2-7-16(18)8-5-11-19(13-16)15(20)14-6-4-9-17-12-14/h4,6,9,12H,2-3,5,7-8,10-11,13H2,1H3/t16-/m0/s1. The molecular formula is C16H23N3O. The molecule has 0 aliphatic carbocycles. The molecule has 1 atom stereocenters. The highest BCUT2D eigenvalue weighted by molar-refractivity contribution is 5.94. The third-order valence-corrected chi connectivity index (χ3v) is 4.95. The van der Waals surface area contributed by atoms with Gasteiger partial charge in [-0.05, 0) is 51.4 Å². The van der Waals surface area contributed by atoms with E-state index in [-0.39, 0.29) is 11.4 Å². The lowest BCUT2D eigenvalue weighted by molar-refractivity contribution is 0.00300. The van der Waals surface area contributed by atoms with E-state index >= 15 is 0 Å². The van der Waals surface area contributed by atoms with Crippen molar-refractivity contribution in [1.29, 1.82) is 0 Å². The van der Waals surface area contributed by atoms with Crippen LogP contribution in [0.2, 0.25) is 0 Å². The summed E-state index contributed by atoms with van der Waals surface area (Å²) < 4.78 is 0. The van der Waals surface area contributed by atoms with Crippen LogP contribution in [-0.4, -0.2) is 52.9 Å². The highest BCUT2D eigenvalue weighted by Crippen LogP contribution is 2.35. The van der Waals surface area contributed by atoms with E-state index in [1.807, 2.05) is 17.0 Å². The largest absolute Gasteiger partial charge is 0.337 e. The third-order valence-electron chi connectivity index (χ3n) is 4.95. The second-order valence-corrected chi connectivity index (χ2v) is 6.17. The molecule has 1 aromatic rings. The van der Waals surface area contributed by atoms with Gasteiger partial charge in [0.2, 0.25) is 0 Å². The fourth-order valence-electron chi connectivity index (χ4n) is 3.70. The van der Waals surface area contributed by atoms with E-state index in [0.717, 1.165) is 26.1 Å². The molecule has 4 heteroatoms. The van der Waals surface area contributed by atoms with Crippen LogP contribution in [0.3, 0.4) is 0 Å². The van der Waals surface area contributed by atoms with E-state index in [1.165, 1.54) is 25.7 Å². The summed E-state index contributed by atoms with van der Waals surface area (Å²) in [5.41, 5.74) is 0.928. The first-order valence-corrected chi connectivity index (χ1v) is 7.62. The molecule has 3 heterocycles. The van der Waals surface area contributed by atoms with Gasteiger partial charge in [0.1, 0.15) is 0 Å². The molecule has 108 valence electrons. The average molecular weight is 273 g/mol. The highest BCUT2D eigenvalue weighted by Gasteiger charge is 2.41. The van der Waals surface area contributed by atoms with Gasteiger partial charge in [-0.15, -0.1) is 0 Å². The smallest absolute Gasteiger partial charge is 0.255 e. The fraction of sp³-hybridized carbons (Fsp3) is 0.625. The normalized spacial score (nSPS) is 27.8. The highest BCUT2D eigenvalue weighted by atomic mass is 16.2. The van der Waals surface area contributed by atoms with E-state index in [9.17, 15) is 4.79 Å². The number of hydrogen-bond donors (Lipinski definition) is 0. The molecule has 0 saturated carbocycles. The van der Waals surface area contributed by atoms with Gasteiger partial charge in [-0.25, -0.2) is 0 Å². The Bertz CT molecular complexity index is 472. The first-order chi connectivity index (χ1) is 9.71. The summed E-state index contributed by atoms with van der Waals surface area (Å²) in [6.07, 6.45) is 9.52. The summed E-state index contributed by atoms with van der Waals surface area (Å²) in [6, 6.07) is 3.70. The number of nitrogens with zero attached hydrogens (tertiary/aromatic N) is 3. The second-order valence-electron chi connectivity index (χ2n) is 6.17. The number of carbonyl (C=O) groups excluding carboxylic acids is 1. The quantitative estimate of drug-likeness (QED) is 0.787. The van der Waals surface area contributed by atoms with Gasteiger partial charge in [0.05, 0.1) is 5.56 Å². The molecule has 1 aromatic heterocycles. The Labute approximate surface area is 120 Å². The minimum atomic E-state index is 0.135. The van der Waals surface area contributed by atoms with E-state index in [1.54, 1.807) is 12.4 Å². The average Bonchev–Trinajstić information content (AvgIpc) is 2.51. The predicted octanol–water partition coefficient (Wildman–Crippen LogP) is 2.17. The van der Waals surface area contributed by atoms with Crippen LogP contribution in [0.5, 0.6) is 0 Å². The van der Waals surface area contributed by atoms with Gasteiger partial charge in [0.15, 0.2) is 0 Å². The van der Waals surface area contributed by atoms with Crippen molar-refractivity contribution >= 4 is 5.91 Å². The molecule has 2 aliphatic rings. The van der Waals surface area contributed by atoms with Crippen LogP contribution < -0.4 is 0 Å². The van der Waals surface area contributed by atoms with Gasteiger partial charge in [-0.1, -0.05) is 6.42 Å². The lowest BCUT2D eigenvalue weighted by atomic mass is 9.80. The van der Waals surface area contributed by atoms with Crippen molar-refractivity contribution in [2.75, 3.05) is 26.7 Å². The van der Waals surface area contributed by atoms with Crippen molar-refractivity contribution in [2.45, 2.75) is 37.6 Å². The molecule has 4 nitrogen and oxygen atoms in total. The van der Waals surface area contributed by atoms with E-state index < -0.39 is 0 Å². The minimum absolute atomic E-state index is 0.135.